The fourth-order valence-electron chi connectivity index (χ4n) is 2.07. The summed E-state index contributed by atoms with van der Waals surface area (Å²) in [4.78, 5) is 15.6. The molecule has 0 radical (unpaired) electrons. The van der Waals surface area contributed by atoms with E-state index in [0.717, 1.165) is 22.2 Å². The summed E-state index contributed by atoms with van der Waals surface area (Å²) in [5.41, 5.74) is 3.44. The molecule has 0 unspecified atom stereocenters. The van der Waals surface area contributed by atoms with Gasteiger partial charge in [-0.1, -0.05) is 24.3 Å². The van der Waals surface area contributed by atoms with Crippen molar-refractivity contribution < 1.29 is 9.21 Å². The number of Topliss-reactive ketones (excluding diaryl/α,β-unsaturated/α-hetero) is 1. The molecule has 3 nitrogen and oxygen atoms in total. The van der Waals surface area contributed by atoms with Crippen LogP contribution in [0.15, 0.2) is 52.9 Å². The number of carbonyl (C=O) groups excluding carboxylic acids is 1. The zero-order chi connectivity index (χ0) is 13.2. The van der Waals surface area contributed by atoms with Crippen molar-refractivity contribution in [1.29, 1.82) is 0 Å². The van der Waals surface area contributed by atoms with Gasteiger partial charge in [-0.3, -0.25) is 4.79 Å². The van der Waals surface area contributed by atoms with E-state index in [-0.39, 0.29) is 5.78 Å². The molecule has 0 saturated carbocycles. The molecule has 2 aromatic carbocycles. The zero-order valence-corrected chi connectivity index (χ0v) is 10.6. The third kappa shape index (κ3) is 2.40. The average Bonchev–Trinajstić information content (AvgIpc) is 2.82. The van der Waals surface area contributed by atoms with Crippen molar-refractivity contribution in [1.82, 2.24) is 4.98 Å². The molecular formula is C16H13NO2. The number of fused-ring (bicyclic) bond motifs is 1. The highest BCUT2D eigenvalue weighted by Crippen LogP contribution is 2.24. The third-order valence-corrected chi connectivity index (χ3v) is 2.93. The normalized spacial score (nSPS) is 10.8. The van der Waals surface area contributed by atoms with Gasteiger partial charge in [-0.2, -0.15) is 0 Å². The number of rotatable bonds is 3. The molecule has 3 rings (SSSR count). The fraction of sp³-hybridized carbons (Fsp3) is 0.125. The molecule has 0 atom stereocenters. The van der Waals surface area contributed by atoms with Crippen molar-refractivity contribution in [2.24, 2.45) is 0 Å². The maximum absolute atomic E-state index is 11.1. The van der Waals surface area contributed by atoms with Crippen LogP contribution in [0.2, 0.25) is 0 Å². The van der Waals surface area contributed by atoms with Crippen LogP contribution in [0.25, 0.3) is 22.6 Å². The fourth-order valence-corrected chi connectivity index (χ4v) is 2.07. The van der Waals surface area contributed by atoms with Crippen molar-refractivity contribution in [3.63, 3.8) is 0 Å². The van der Waals surface area contributed by atoms with Gasteiger partial charge in [0, 0.05) is 12.0 Å². The van der Waals surface area contributed by atoms with Gasteiger partial charge in [0.15, 0.2) is 5.58 Å². The van der Waals surface area contributed by atoms with Gasteiger partial charge < -0.3 is 4.42 Å². The van der Waals surface area contributed by atoms with Gasteiger partial charge in [0.2, 0.25) is 5.89 Å². The second-order valence-corrected chi connectivity index (χ2v) is 4.57. The van der Waals surface area contributed by atoms with Crippen LogP contribution in [0.4, 0.5) is 0 Å². The minimum Gasteiger partial charge on any atom is -0.436 e. The van der Waals surface area contributed by atoms with E-state index < -0.39 is 0 Å². The summed E-state index contributed by atoms with van der Waals surface area (Å²) in [5.74, 6) is 0.748. The highest BCUT2D eigenvalue weighted by molar-refractivity contribution is 5.81. The Morgan fingerprint density at radius 1 is 1.16 bits per heavy atom. The molecule has 0 bridgehead atoms. The average molecular weight is 251 g/mol. The summed E-state index contributed by atoms with van der Waals surface area (Å²) in [7, 11) is 0. The van der Waals surface area contributed by atoms with E-state index in [1.807, 2.05) is 48.5 Å². The molecular weight excluding hydrogens is 238 g/mol. The van der Waals surface area contributed by atoms with Gasteiger partial charge in [0.05, 0.1) is 0 Å². The van der Waals surface area contributed by atoms with Gasteiger partial charge in [-0.25, -0.2) is 4.98 Å². The van der Waals surface area contributed by atoms with E-state index in [0.29, 0.717) is 12.3 Å². The molecule has 19 heavy (non-hydrogen) atoms. The molecule has 0 aliphatic heterocycles. The van der Waals surface area contributed by atoms with Crippen molar-refractivity contribution in [2.75, 3.05) is 0 Å². The van der Waals surface area contributed by atoms with Crippen molar-refractivity contribution in [3.05, 3.63) is 54.1 Å². The van der Waals surface area contributed by atoms with E-state index >= 15 is 0 Å². The second-order valence-electron chi connectivity index (χ2n) is 4.57. The lowest BCUT2D eigenvalue weighted by Crippen LogP contribution is -1.95. The Morgan fingerprint density at radius 2 is 1.95 bits per heavy atom. The van der Waals surface area contributed by atoms with E-state index in [1.165, 1.54) is 0 Å². The van der Waals surface area contributed by atoms with Crippen LogP contribution in [0.3, 0.4) is 0 Å². The molecule has 3 aromatic rings. The zero-order valence-electron chi connectivity index (χ0n) is 10.6. The minimum absolute atomic E-state index is 0.141. The van der Waals surface area contributed by atoms with Crippen LogP contribution in [0.5, 0.6) is 0 Å². The van der Waals surface area contributed by atoms with Crippen LogP contribution >= 0.6 is 0 Å². The van der Waals surface area contributed by atoms with Gasteiger partial charge in [-0.15, -0.1) is 0 Å². The summed E-state index contributed by atoms with van der Waals surface area (Å²) in [6, 6.07) is 15.5. The summed E-state index contributed by atoms with van der Waals surface area (Å²) < 4.78 is 5.75. The Bertz CT molecular complexity index is 729. The highest BCUT2D eigenvalue weighted by atomic mass is 16.3. The molecule has 3 heteroatoms. The maximum atomic E-state index is 11.1. The van der Waals surface area contributed by atoms with Gasteiger partial charge in [0.25, 0.3) is 0 Å². The molecule has 0 amide bonds. The lowest BCUT2D eigenvalue weighted by molar-refractivity contribution is -0.116. The molecule has 94 valence electrons. The van der Waals surface area contributed by atoms with Crippen molar-refractivity contribution in [3.8, 4) is 11.5 Å². The minimum atomic E-state index is 0.141. The quantitative estimate of drug-likeness (QED) is 0.714. The number of nitrogens with zero attached hydrogens (tertiary/aromatic N) is 1. The Balaban J connectivity index is 2.04. The molecule has 1 aromatic heterocycles. The Morgan fingerprint density at radius 3 is 2.68 bits per heavy atom. The number of aromatic nitrogens is 1. The number of benzene rings is 2. The van der Waals surface area contributed by atoms with Gasteiger partial charge in [-0.05, 0) is 36.8 Å². The molecule has 0 aliphatic carbocycles. The smallest absolute Gasteiger partial charge is 0.227 e. The SMILES string of the molecule is CC(=O)Cc1ccc2nc(-c3ccccc3)oc2c1. The molecule has 0 fully saturated rings. The predicted octanol–water partition coefficient (Wildman–Crippen LogP) is 3.63. The number of hydrogen-bond donors (Lipinski definition) is 0. The summed E-state index contributed by atoms with van der Waals surface area (Å²) >= 11 is 0. The highest BCUT2D eigenvalue weighted by Gasteiger charge is 2.08. The van der Waals surface area contributed by atoms with Crippen LogP contribution in [-0.4, -0.2) is 10.8 Å². The first-order valence-corrected chi connectivity index (χ1v) is 6.17. The van der Waals surface area contributed by atoms with Crippen LogP contribution in [0, 0.1) is 0 Å². The predicted molar refractivity (Wildman–Crippen MR) is 73.8 cm³/mol. The molecule has 0 spiro atoms. The third-order valence-electron chi connectivity index (χ3n) is 2.93. The van der Waals surface area contributed by atoms with E-state index in [9.17, 15) is 4.79 Å². The second kappa shape index (κ2) is 4.69. The topological polar surface area (TPSA) is 43.1 Å². The lowest BCUT2D eigenvalue weighted by Gasteiger charge is -1.95. The van der Waals surface area contributed by atoms with E-state index in [2.05, 4.69) is 4.98 Å². The Hall–Kier alpha value is -2.42. The summed E-state index contributed by atoms with van der Waals surface area (Å²) in [6.07, 6.45) is 0.428. The monoisotopic (exact) mass is 251 g/mol. The van der Waals surface area contributed by atoms with E-state index in [4.69, 9.17) is 4.42 Å². The van der Waals surface area contributed by atoms with Crippen LogP contribution in [0.1, 0.15) is 12.5 Å². The number of hydrogen-bond acceptors (Lipinski definition) is 3. The van der Waals surface area contributed by atoms with Crippen LogP contribution in [-0.2, 0) is 11.2 Å². The first-order chi connectivity index (χ1) is 9.22. The molecule has 0 aliphatic rings. The van der Waals surface area contributed by atoms with Gasteiger partial charge >= 0.3 is 0 Å². The van der Waals surface area contributed by atoms with Crippen molar-refractivity contribution >= 4 is 16.9 Å². The van der Waals surface area contributed by atoms with Crippen molar-refractivity contribution in [2.45, 2.75) is 13.3 Å². The standard InChI is InChI=1S/C16H13NO2/c1-11(18)9-12-7-8-14-15(10-12)19-16(17-14)13-5-3-2-4-6-13/h2-8,10H,9H2,1H3. The first kappa shape index (κ1) is 11.7. The Labute approximate surface area is 110 Å². The maximum Gasteiger partial charge on any atom is 0.227 e. The summed E-state index contributed by atoms with van der Waals surface area (Å²) in [5, 5.41) is 0. The van der Waals surface area contributed by atoms with Gasteiger partial charge in [0.1, 0.15) is 11.3 Å². The number of carbonyl (C=O) groups is 1. The summed E-state index contributed by atoms with van der Waals surface area (Å²) in [6.45, 7) is 1.58. The Kier molecular flexibility index (Phi) is 2.88. The number of ketones is 1. The van der Waals surface area contributed by atoms with E-state index in [1.54, 1.807) is 6.92 Å². The first-order valence-electron chi connectivity index (χ1n) is 6.17. The molecule has 0 saturated heterocycles. The number of oxazole rings is 1. The lowest BCUT2D eigenvalue weighted by atomic mass is 10.1. The van der Waals surface area contributed by atoms with Crippen LogP contribution < -0.4 is 0 Å². The molecule has 0 N–H and O–H groups in total. The molecule has 1 heterocycles. The largest absolute Gasteiger partial charge is 0.436 e.